The number of aliphatic carboxylic acids is 1. The van der Waals surface area contributed by atoms with Crippen LogP contribution in [0.3, 0.4) is 0 Å². The van der Waals surface area contributed by atoms with E-state index in [9.17, 15) is 9.18 Å². The van der Waals surface area contributed by atoms with Crippen LogP contribution in [0.2, 0.25) is 0 Å². The maximum absolute atomic E-state index is 13.6. The molecule has 4 nitrogen and oxygen atoms in total. The van der Waals surface area contributed by atoms with Gasteiger partial charge in [-0.15, -0.1) is 0 Å². The summed E-state index contributed by atoms with van der Waals surface area (Å²) in [6.07, 6.45) is 0. The molecule has 0 spiro atoms. The van der Waals surface area contributed by atoms with Crippen LogP contribution in [0.15, 0.2) is 23.6 Å². The summed E-state index contributed by atoms with van der Waals surface area (Å²) in [7, 11) is 0. The van der Waals surface area contributed by atoms with Gasteiger partial charge in [0.25, 0.3) is 5.19 Å². The van der Waals surface area contributed by atoms with E-state index in [1.165, 1.54) is 36.5 Å². The van der Waals surface area contributed by atoms with E-state index < -0.39 is 17.7 Å². The quantitative estimate of drug-likeness (QED) is 0.930. The molecule has 0 aliphatic rings. The first-order valence-corrected chi connectivity index (χ1v) is 6.47. The highest BCUT2D eigenvalue weighted by Crippen LogP contribution is 2.30. The molecule has 0 radical (unpaired) electrons. The summed E-state index contributed by atoms with van der Waals surface area (Å²) in [4.78, 5) is 15.0. The van der Waals surface area contributed by atoms with Gasteiger partial charge in [0.1, 0.15) is 0 Å². The second kappa shape index (κ2) is 5.36. The van der Waals surface area contributed by atoms with E-state index in [1.54, 1.807) is 5.38 Å². The minimum absolute atomic E-state index is 0.0139. The maximum atomic E-state index is 13.6. The molecule has 2 aromatic rings. The normalized spacial score (nSPS) is 12.2. The summed E-state index contributed by atoms with van der Waals surface area (Å²) in [5, 5.41) is 11.1. The van der Waals surface area contributed by atoms with Crippen LogP contribution in [0.4, 0.5) is 4.39 Å². The van der Waals surface area contributed by atoms with Crippen molar-refractivity contribution in [3.63, 3.8) is 0 Å². The van der Waals surface area contributed by atoms with Gasteiger partial charge in [-0.3, -0.25) is 4.79 Å². The third-order valence-electron chi connectivity index (χ3n) is 2.62. The van der Waals surface area contributed by atoms with Crippen LogP contribution < -0.4 is 4.74 Å². The lowest BCUT2D eigenvalue weighted by Gasteiger charge is -2.09. The summed E-state index contributed by atoms with van der Waals surface area (Å²) in [6.45, 7) is 3.34. The van der Waals surface area contributed by atoms with Gasteiger partial charge >= 0.3 is 5.97 Å². The monoisotopic (exact) mass is 281 g/mol. The maximum Gasteiger partial charge on any atom is 0.310 e. The fourth-order valence-electron chi connectivity index (χ4n) is 1.48. The Morgan fingerprint density at radius 2 is 2.26 bits per heavy atom. The summed E-state index contributed by atoms with van der Waals surface area (Å²) in [6, 6.07) is 4.03. The Kier molecular flexibility index (Phi) is 3.80. The second-order valence-electron chi connectivity index (χ2n) is 4.11. The molecule has 0 bridgehead atoms. The molecule has 0 amide bonds. The van der Waals surface area contributed by atoms with Crippen molar-refractivity contribution in [1.29, 1.82) is 0 Å². The van der Waals surface area contributed by atoms with Crippen LogP contribution in [0.25, 0.3) is 0 Å². The van der Waals surface area contributed by atoms with Crippen molar-refractivity contribution in [1.82, 2.24) is 4.98 Å². The van der Waals surface area contributed by atoms with Crippen LogP contribution in [0, 0.1) is 12.7 Å². The number of carboxylic acid groups (broad SMARTS) is 1. The van der Waals surface area contributed by atoms with Gasteiger partial charge in [-0.1, -0.05) is 17.4 Å². The number of carbonyl (C=O) groups is 1. The standard InChI is InChI=1S/C13H12FNO3S/c1-7-6-19-13(15-7)18-11-5-9(3-4-10(11)14)8(2)12(16)17/h3-6,8H,1-2H3,(H,16,17). The first-order chi connectivity index (χ1) is 8.97. The number of hydrogen-bond donors (Lipinski definition) is 1. The Balaban J connectivity index is 2.29. The van der Waals surface area contributed by atoms with Crippen LogP contribution in [-0.4, -0.2) is 16.1 Å². The zero-order valence-corrected chi connectivity index (χ0v) is 11.2. The molecule has 0 fully saturated rings. The summed E-state index contributed by atoms with van der Waals surface area (Å²) < 4.78 is 19.0. The molecule has 1 heterocycles. The van der Waals surface area contributed by atoms with Crippen LogP contribution in [0.1, 0.15) is 24.1 Å². The minimum Gasteiger partial charge on any atom is -0.481 e. The molecule has 1 aromatic heterocycles. The molecular formula is C13H12FNO3S. The number of rotatable bonds is 4. The molecule has 1 unspecified atom stereocenters. The fraction of sp³-hybridized carbons (Fsp3) is 0.231. The van der Waals surface area contributed by atoms with Gasteiger partial charge in [-0.2, -0.15) is 0 Å². The molecule has 2 rings (SSSR count). The van der Waals surface area contributed by atoms with Crippen molar-refractivity contribution < 1.29 is 19.0 Å². The van der Waals surface area contributed by atoms with Gasteiger partial charge in [0.2, 0.25) is 0 Å². The summed E-state index contributed by atoms with van der Waals surface area (Å²) in [5.41, 5.74) is 1.27. The molecule has 0 aliphatic carbocycles. The number of benzene rings is 1. The molecule has 0 saturated heterocycles. The van der Waals surface area contributed by atoms with E-state index in [0.29, 0.717) is 10.8 Å². The van der Waals surface area contributed by atoms with Crippen LogP contribution >= 0.6 is 11.3 Å². The molecule has 100 valence electrons. The Bertz CT molecular complexity index is 612. The van der Waals surface area contributed by atoms with Crippen molar-refractivity contribution in [2.24, 2.45) is 0 Å². The van der Waals surface area contributed by atoms with E-state index in [1.807, 2.05) is 6.92 Å². The molecule has 0 aliphatic heterocycles. The number of carboxylic acids is 1. The number of nitrogens with zero attached hydrogens (tertiary/aromatic N) is 1. The van der Waals surface area contributed by atoms with E-state index in [2.05, 4.69) is 4.98 Å². The van der Waals surface area contributed by atoms with Crippen LogP contribution in [-0.2, 0) is 4.79 Å². The molecule has 6 heteroatoms. The van der Waals surface area contributed by atoms with Gasteiger partial charge < -0.3 is 9.84 Å². The van der Waals surface area contributed by atoms with Gasteiger partial charge in [0.05, 0.1) is 11.6 Å². The Hall–Kier alpha value is -1.95. The Morgan fingerprint density at radius 3 is 2.84 bits per heavy atom. The first kappa shape index (κ1) is 13.5. The summed E-state index contributed by atoms with van der Waals surface area (Å²) >= 11 is 1.26. The van der Waals surface area contributed by atoms with E-state index in [-0.39, 0.29) is 5.75 Å². The third-order valence-corrected chi connectivity index (χ3v) is 3.46. The minimum atomic E-state index is -0.970. The Morgan fingerprint density at radius 1 is 1.53 bits per heavy atom. The smallest absolute Gasteiger partial charge is 0.310 e. The predicted octanol–water partition coefficient (Wildman–Crippen LogP) is 3.57. The number of hydrogen-bond acceptors (Lipinski definition) is 4. The highest BCUT2D eigenvalue weighted by molar-refractivity contribution is 7.11. The fourth-order valence-corrected chi connectivity index (χ4v) is 2.14. The molecular weight excluding hydrogens is 269 g/mol. The molecule has 1 aromatic carbocycles. The lowest BCUT2D eigenvalue weighted by atomic mass is 10.0. The van der Waals surface area contributed by atoms with E-state index >= 15 is 0 Å². The highest BCUT2D eigenvalue weighted by Gasteiger charge is 2.16. The third kappa shape index (κ3) is 3.08. The predicted molar refractivity (Wildman–Crippen MR) is 69.4 cm³/mol. The zero-order chi connectivity index (χ0) is 14.0. The molecule has 0 saturated carbocycles. The first-order valence-electron chi connectivity index (χ1n) is 5.59. The number of ether oxygens (including phenoxy) is 1. The van der Waals surface area contributed by atoms with Crippen molar-refractivity contribution in [2.45, 2.75) is 19.8 Å². The molecule has 1 atom stereocenters. The average molecular weight is 281 g/mol. The SMILES string of the molecule is Cc1csc(Oc2cc(C(C)C(=O)O)ccc2F)n1. The molecule has 19 heavy (non-hydrogen) atoms. The number of halogens is 1. The Labute approximate surface area is 113 Å². The highest BCUT2D eigenvalue weighted by atomic mass is 32.1. The lowest BCUT2D eigenvalue weighted by Crippen LogP contribution is -2.07. The van der Waals surface area contributed by atoms with E-state index in [0.717, 1.165) is 5.69 Å². The van der Waals surface area contributed by atoms with E-state index in [4.69, 9.17) is 9.84 Å². The topological polar surface area (TPSA) is 59.4 Å². The van der Waals surface area contributed by atoms with Crippen molar-refractivity contribution in [3.8, 4) is 10.9 Å². The number of aromatic nitrogens is 1. The number of thiazole rings is 1. The largest absolute Gasteiger partial charge is 0.481 e. The second-order valence-corrected chi connectivity index (χ2v) is 4.93. The zero-order valence-electron chi connectivity index (χ0n) is 10.4. The van der Waals surface area contributed by atoms with Crippen LogP contribution in [0.5, 0.6) is 10.9 Å². The van der Waals surface area contributed by atoms with Crippen molar-refractivity contribution in [3.05, 3.63) is 40.7 Å². The lowest BCUT2D eigenvalue weighted by molar-refractivity contribution is -0.138. The average Bonchev–Trinajstić information content (AvgIpc) is 2.76. The van der Waals surface area contributed by atoms with Gasteiger partial charge in [-0.05, 0) is 31.5 Å². The van der Waals surface area contributed by atoms with Gasteiger partial charge in [0, 0.05) is 5.38 Å². The van der Waals surface area contributed by atoms with Gasteiger partial charge in [-0.25, -0.2) is 9.37 Å². The summed E-state index contributed by atoms with van der Waals surface area (Å²) in [5.74, 6) is -2.25. The van der Waals surface area contributed by atoms with Crippen molar-refractivity contribution >= 4 is 17.3 Å². The number of aryl methyl sites for hydroxylation is 1. The molecule has 1 N–H and O–H groups in total. The van der Waals surface area contributed by atoms with Crippen molar-refractivity contribution in [2.75, 3.05) is 0 Å². The van der Waals surface area contributed by atoms with Gasteiger partial charge in [0.15, 0.2) is 11.6 Å².